The van der Waals surface area contributed by atoms with E-state index in [1.807, 2.05) is 6.92 Å². The lowest BCUT2D eigenvalue weighted by atomic mass is 10.2. The molecule has 0 fully saturated rings. The maximum Gasteiger partial charge on any atom is 0.203 e. The highest BCUT2D eigenvalue weighted by Crippen LogP contribution is 2.18. The van der Waals surface area contributed by atoms with Gasteiger partial charge in [-0.25, -0.2) is 4.98 Å². The fourth-order valence-corrected chi connectivity index (χ4v) is 1.47. The van der Waals surface area contributed by atoms with Crippen LogP contribution in [0.25, 0.3) is 0 Å². The van der Waals surface area contributed by atoms with Gasteiger partial charge in [0.15, 0.2) is 0 Å². The smallest absolute Gasteiger partial charge is 0.203 e. The molecule has 0 bridgehead atoms. The van der Waals surface area contributed by atoms with Gasteiger partial charge in [-0.15, -0.1) is 0 Å². The molecule has 3 nitrogen and oxygen atoms in total. The summed E-state index contributed by atoms with van der Waals surface area (Å²) in [5.74, 6) is 1.66. The van der Waals surface area contributed by atoms with Crippen LogP contribution >= 0.6 is 0 Å². The van der Waals surface area contributed by atoms with Gasteiger partial charge in [0, 0.05) is 18.8 Å². The lowest BCUT2D eigenvalue weighted by molar-refractivity contribution is 0.532. The standard InChI is InChI=1S/C12H23N3/c1-6-11(5)15-8-10(4)14-12(15)13-7-9(2)3/h8-9,11H,6-7H2,1-5H3,(H,13,14). The Hall–Kier alpha value is -0.990. The Balaban J connectivity index is 2.76. The number of hydrogen-bond donors (Lipinski definition) is 1. The van der Waals surface area contributed by atoms with Crippen molar-refractivity contribution < 1.29 is 0 Å². The molecule has 1 N–H and O–H groups in total. The highest BCUT2D eigenvalue weighted by molar-refractivity contribution is 5.29. The first kappa shape index (κ1) is 12.1. The second kappa shape index (κ2) is 5.19. The molecule has 0 radical (unpaired) electrons. The van der Waals surface area contributed by atoms with Crippen molar-refractivity contribution in [3.8, 4) is 0 Å². The summed E-state index contributed by atoms with van der Waals surface area (Å²) in [6.45, 7) is 11.9. The lowest BCUT2D eigenvalue weighted by Crippen LogP contribution is -2.14. The Morgan fingerprint density at radius 3 is 2.60 bits per heavy atom. The van der Waals surface area contributed by atoms with Gasteiger partial charge in [0.2, 0.25) is 5.95 Å². The summed E-state index contributed by atoms with van der Waals surface area (Å²) < 4.78 is 2.23. The molecule has 1 heterocycles. The molecule has 15 heavy (non-hydrogen) atoms. The Morgan fingerprint density at radius 2 is 2.07 bits per heavy atom. The van der Waals surface area contributed by atoms with Crippen LogP contribution in [0.1, 0.15) is 45.9 Å². The van der Waals surface area contributed by atoms with E-state index in [9.17, 15) is 0 Å². The van der Waals surface area contributed by atoms with Crippen LogP contribution in [-0.4, -0.2) is 16.1 Å². The third-order valence-corrected chi connectivity index (χ3v) is 2.59. The number of nitrogens with one attached hydrogen (secondary N) is 1. The van der Waals surface area contributed by atoms with Crippen molar-refractivity contribution in [1.82, 2.24) is 9.55 Å². The Labute approximate surface area is 92.9 Å². The molecule has 1 aromatic heterocycles. The molecule has 3 heteroatoms. The van der Waals surface area contributed by atoms with E-state index in [-0.39, 0.29) is 0 Å². The second-order valence-corrected chi connectivity index (χ2v) is 4.65. The number of aromatic nitrogens is 2. The van der Waals surface area contributed by atoms with Crippen molar-refractivity contribution in [2.75, 3.05) is 11.9 Å². The summed E-state index contributed by atoms with van der Waals surface area (Å²) in [5, 5.41) is 3.40. The average molecular weight is 209 g/mol. The third kappa shape index (κ3) is 3.26. The van der Waals surface area contributed by atoms with E-state index >= 15 is 0 Å². The van der Waals surface area contributed by atoms with Crippen LogP contribution in [0.3, 0.4) is 0 Å². The normalized spacial score (nSPS) is 13.2. The van der Waals surface area contributed by atoms with Gasteiger partial charge in [-0.3, -0.25) is 0 Å². The number of imidazole rings is 1. The summed E-state index contributed by atoms with van der Waals surface area (Å²) in [6.07, 6.45) is 3.25. The fraction of sp³-hybridized carbons (Fsp3) is 0.750. The van der Waals surface area contributed by atoms with Crippen LogP contribution in [0.15, 0.2) is 6.20 Å². The van der Waals surface area contributed by atoms with Gasteiger partial charge < -0.3 is 9.88 Å². The minimum Gasteiger partial charge on any atom is -0.355 e. The molecule has 86 valence electrons. The van der Waals surface area contributed by atoms with Crippen molar-refractivity contribution in [3.05, 3.63) is 11.9 Å². The highest BCUT2D eigenvalue weighted by atomic mass is 15.2. The van der Waals surface area contributed by atoms with Gasteiger partial charge in [-0.1, -0.05) is 20.8 Å². The topological polar surface area (TPSA) is 29.9 Å². The van der Waals surface area contributed by atoms with E-state index in [1.54, 1.807) is 0 Å². The molecule has 1 rings (SSSR count). The molecule has 0 aliphatic heterocycles. The quantitative estimate of drug-likeness (QED) is 0.807. The van der Waals surface area contributed by atoms with Crippen molar-refractivity contribution in [2.45, 2.75) is 47.1 Å². The van der Waals surface area contributed by atoms with Crippen LogP contribution in [0.5, 0.6) is 0 Å². The maximum atomic E-state index is 4.50. The fourth-order valence-electron chi connectivity index (χ4n) is 1.47. The summed E-state index contributed by atoms with van der Waals surface area (Å²) in [7, 11) is 0. The minimum atomic E-state index is 0.515. The SMILES string of the molecule is CCC(C)n1cc(C)nc1NCC(C)C. The molecule has 0 amide bonds. The molecule has 0 aliphatic carbocycles. The van der Waals surface area contributed by atoms with E-state index in [4.69, 9.17) is 0 Å². The van der Waals surface area contributed by atoms with E-state index in [0.29, 0.717) is 12.0 Å². The lowest BCUT2D eigenvalue weighted by Gasteiger charge is -2.15. The molecule has 1 atom stereocenters. The summed E-state index contributed by atoms with van der Waals surface area (Å²) in [5.41, 5.74) is 1.08. The van der Waals surface area contributed by atoms with Crippen molar-refractivity contribution >= 4 is 5.95 Å². The number of aryl methyl sites for hydroxylation is 1. The predicted octanol–water partition coefficient (Wildman–Crippen LogP) is 3.23. The molecule has 0 aromatic carbocycles. The highest BCUT2D eigenvalue weighted by Gasteiger charge is 2.10. The summed E-state index contributed by atoms with van der Waals surface area (Å²) >= 11 is 0. The minimum absolute atomic E-state index is 0.515. The van der Waals surface area contributed by atoms with Gasteiger partial charge in [0.25, 0.3) is 0 Å². The van der Waals surface area contributed by atoms with Gasteiger partial charge in [0.1, 0.15) is 0 Å². The van der Waals surface area contributed by atoms with Gasteiger partial charge in [0.05, 0.1) is 5.69 Å². The Morgan fingerprint density at radius 1 is 1.40 bits per heavy atom. The molecule has 0 aliphatic rings. The van der Waals surface area contributed by atoms with E-state index in [2.05, 4.69) is 48.8 Å². The molecule has 1 aromatic rings. The molecule has 1 unspecified atom stereocenters. The molecular formula is C12H23N3. The van der Waals surface area contributed by atoms with E-state index in [0.717, 1.165) is 24.6 Å². The van der Waals surface area contributed by atoms with Gasteiger partial charge in [-0.2, -0.15) is 0 Å². The molecular weight excluding hydrogens is 186 g/mol. The van der Waals surface area contributed by atoms with Crippen molar-refractivity contribution in [1.29, 1.82) is 0 Å². The van der Waals surface area contributed by atoms with Crippen LogP contribution in [0.2, 0.25) is 0 Å². The number of nitrogens with zero attached hydrogens (tertiary/aromatic N) is 2. The largest absolute Gasteiger partial charge is 0.355 e. The zero-order chi connectivity index (χ0) is 11.4. The van der Waals surface area contributed by atoms with Crippen LogP contribution in [0, 0.1) is 12.8 Å². The molecule has 0 saturated heterocycles. The Bertz CT molecular complexity index is 302. The first-order chi connectivity index (χ1) is 7.04. The number of hydrogen-bond acceptors (Lipinski definition) is 2. The first-order valence-electron chi connectivity index (χ1n) is 5.84. The van der Waals surface area contributed by atoms with Crippen LogP contribution in [-0.2, 0) is 0 Å². The number of anilines is 1. The average Bonchev–Trinajstić information content (AvgIpc) is 2.55. The summed E-state index contributed by atoms with van der Waals surface area (Å²) in [6, 6.07) is 0.515. The second-order valence-electron chi connectivity index (χ2n) is 4.65. The van der Waals surface area contributed by atoms with Gasteiger partial charge in [-0.05, 0) is 26.2 Å². The Kier molecular flexibility index (Phi) is 4.18. The molecule has 0 spiro atoms. The van der Waals surface area contributed by atoms with Crippen LogP contribution in [0.4, 0.5) is 5.95 Å². The number of rotatable bonds is 5. The first-order valence-corrected chi connectivity index (χ1v) is 5.84. The maximum absolute atomic E-state index is 4.50. The van der Waals surface area contributed by atoms with Crippen molar-refractivity contribution in [2.24, 2.45) is 5.92 Å². The van der Waals surface area contributed by atoms with Gasteiger partial charge >= 0.3 is 0 Å². The summed E-state index contributed by atoms with van der Waals surface area (Å²) in [4.78, 5) is 4.50. The third-order valence-electron chi connectivity index (χ3n) is 2.59. The molecule has 0 saturated carbocycles. The predicted molar refractivity (Wildman–Crippen MR) is 65.3 cm³/mol. The monoisotopic (exact) mass is 209 g/mol. The van der Waals surface area contributed by atoms with Crippen LogP contribution < -0.4 is 5.32 Å². The zero-order valence-electron chi connectivity index (χ0n) is 10.5. The zero-order valence-corrected chi connectivity index (χ0v) is 10.5. The van der Waals surface area contributed by atoms with E-state index in [1.165, 1.54) is 0 Å². The van der Waals surface area contributed by atoms with Crippen molar-refractivity contribution in [3.63, 3.8) is 0 Å². The van der Waals surface area contributed by atoms with E-state index < -0.39 is 0 Å².